The first-order chi connectivity index (χ1) is 12.4. The highest BCUT2D eigenvalue weighted by atomic mass is 19.2. The summed E-state index contributed by atoms with van der Waals surface area (Å²) in [5, 5.41) is 0. The third-order valence-electron chi connectivity index (χ3n) is 3.87. The van der Waals surface area contributed by atoms with E-state index in [1.165, 1.54) is 24.3 Å². The number of H-pyrrole nitrogens is 2. The second kappa shape index (κ2) is 6.58. The minimum absolute atomic E-state index is 0.00499. The summed E-state index contributed by atoms with van der Waals surface area (Å²) in [5.74, 6) is -12.0. The molecule has 3 rings (SSSR count). The van der Waals surface area contributed by atoms with Gasteiger partial charge in [-0.2, -0.15) is 0 Å². The number of halogens is 5. The number of benzene rings is 1. The summed E-state index contributed by atoms with van der Waals surface area (Å²) in [4.78, 5) is 26.8. The number of rotatable bonds is 5. The first-order valence-corrected chi connectivity index (χ1v) is 7.18. The summed E-state index contributed by atoms with van der Waals surface area (Å²) in [6.45, 7) is 0. The minimum Gasteiger partial charge on any atom is -0.355 e. The van der Waals surface area contributed by atoms with Gasteiger partial charge in [-0.1, -0.05) is 0 Å². The van der Waals surface area contributed by atoms with E-state index in [-0.39, 0.29) is 22.8 Å². The number of aromatic nitrogens is 2. The van der Waals surface area contributed by atoms with Crippen molar-refractivity contribution in [2.24, 2.45) is 0 Å². The molecule has 2 aromatic heterocycles. The van der Waals surface area contributed by atoms with E-state index in [9.17, 15) is 31.5 Å². The third kappa shape index (κ3) is 2.71. The fourth-order valence-electron chi connectivity index (χ4n) is 2.69. The van der Waals surface area contributed by atoms with Crippen LogP contribution in [0.25, 0.3) is 0 Å². The Morgan fingerprint density at radius 1 is 0.654 bits per heavy atom. The van der Waals surface area contributed by atoms with Crippen molar-refractivity contribution in [1.29, 1.82) is 0 Å². The van der Waals surface area contributed by atoms with Crippen LogP contribution in [0.4, 0.5) is 22.0 Å². The van der Waals surface area contributed by atoms with E-state index in [1.54, 1.807) is 0 Å². The van der Waals surface area contributed by atoms with E-state index in [2.05, 4.69) is 9.97 Å². The number of hydrogen-bond donors (Lipinski definition) is 2. The lowest BCUT2D eigenvalue weighted by atomic mass is 9.91. The van der Waals surface area contributed by atoms with Gasteiger partial charge in [-0.25, -0.2) is 22.0 Å². The Bertz CT molecular complexity index is 933. The first-order valence-electron chi connectivity index (χ1n) is 7.18. The molecular formula is C17H9F5N2O2. The van der Waals surface area contributed by atoms with Crippen LogP contribution in [0.2, 0.25) is 0 Å². The van der Waals surface area contributed by atoms with Gasteiger partial charge in [0.2, 0.25) is 5.82 Å². The molecular weight excluding hydrogens is 359 g/mol. The largest absolute Gasteiger partial charge is 0.355 e. The monoisotopic (exact) mass is 368 g/mol. The lowest BCUT2D eigenvalue weighted by molar-refractivity contribution is 0.111. The number of carbonyl (C=O) groups is 2. The predicted molar refractivity (Wildman–Crippen MR) is 79.5 cm³/mol. The molecule has 0 aliphatic carbocycles. The van der Waals surface area contributed by atoms with Crippen LogP contribution in [0.15, 0.2) is 24.3 Å². The van der Waals surface area contributed by atoms with Crippen molar-refractivity contribution in [3.8, 4) is 0 Å². The molecule has 0 radical (unpaired) electrons. The molecule has 2 N–H and O–H groups in total. The minimum atomic E-state index is -2.28. The van der Waals surface area contributed by atoms with Crippen LogP contribution in [0.5, 0.6) is 0 Å². The Morgan fingerprint density at radius 2 is 1.04 bits per heavy atom. The number of nitrogens with one attached hydrogen (secondary N) is 2. The molecule has 0 saturated heterocycles. The molecule has 9 heteroatoms. The summed E-state index contributed by atoms with van der Waals surface area (Å²) < 4.78 is 69.3. The molecule has 0 unspecified atom stereocenters. The van der Waals surface area contributed by atoms with Gasteiger partial charge in [-0.15, -0.1) is 0 Å². The smallest absolute Gasteiger partial charge is 0.200 e. The van der Waals surface area contributed by atoms with Crippen LogP contribution in [-0.2, 0) is 0 Å². The highest BCUT2D eigenvalue weighted by Gasteiger charge is 2.33. The maximum absolute atomic E-state index is 14.3. The molecule has 134 valence electrons. The molecule has 0 spiro atoms. The molecule has 2 heterocycles. The van der Waals surface area contributed by atoms with Crippen molar-refractivity contribution in [2.75, 3.05) is 0 Å². The zero-order valence-corrected chi connectivity index (χ0v) is 12.7. The van der Waals surface area contributed by atoms with Crippen molar-refractivity contribution >= 4 is 12.6 Å². The van der Waals surface area contributed by atoms with Gasteiger partial charge >= 0.3 is 0 Å². The van der Waals surface area contributed by atoms with Gasteiger partial charge in [0.1, 0.15) is 0 Å². The lowest BCUT2D eigenvalue weighted by Crippen LogP contribution is -2.14. The lowest BCUT2D eigenvalue weighted by Gasteiger charge is -2.18. The van der Waals surface area contributed by atoms with Crippen molar-refractivity contribution in [2.45, 2.75) is 5.92 Å². The summed E-state index contributed by atoms with van der Waals surface area (Å²) in [7, 11) is 0. The molecule has 0 aliphatic rings. The topological polar surface area (TPSA) is 65.7 Å². The molecule has 26 heavy (non-hydrogen) atoms. The Morgan fingerprint density at radius 3 is 1.38 bits per heavy atom. The Kier molecular flexibility index (Phi) is 4.45. The van der Waals surface area contributed by atoms with Crippen LogP contribution < -0.4 is 0 Å². The standard InChI is InChI=1S/C17H9F5N2O2/c18-13-12(14(19)16(21)17(22)15(13)20)11(9-3-1-7(5-25)23-9)10-4-2-8(6-26)24-10/h1-6,11,23-24H. The summed E-state index contributed by atoms with van der Waals surface area (Å²) in [6.07, 6.45) is 0.843. The van der Waals surface area contributed by atoms with Crippen molar-refractivity contribution in [1.82, 2.24) is 9.97 Å². The first kappa shape index (κ1) is 17.6. The Hall–Kier alpha value is -3.23. The quantitative estimate of drug-likeness (QED) is 0.311. The van der Waals surface area contributed by atoms with Gasteiger partial charge in [-0.05, 0) is 24.3 Å². The number of carbonyl (C=O) groups excluding carboxylic acids is 2. The third-order valence-corrected chi connectivity index (χ3v) is 3.87. The van der Waals surface area contributed by atoms with Gasteiger partial charge in [0, 0.05) is 17.0 Å². The van der Waals surface area contributed by atoms with Crippen molar-refractivity contribution in [3.63, 3.8) is 0 Å². The van der Waals surface area contributed by atoms with Gasteiger partial charge in [-0.3, -0.25) is 9.59 Å². The van der Waals surface area contributed by atoms with E-state index in [1.807, 2.05) is 0 Å². The van der Waals surface area contributed by atoms with Crippen LogP contribution in [0.3, 0.4) is 0 Å². The summed E-state index contributed by atoms with van der Waals surface area (Å²) >= 11 is 0. The zero-order chi connectivity index (χ0) is 19.0. The molecule has 0 bridgehead atoms. The van der Waals surface area contributed by atoms with Crippen LogP contribution in [-0.4, -0.2) is 22.5 Å². The molecule has 1 aromatic carbocycles. The van der Waals surface area contributed by atoms with Gasteiger partial charge in [0.05, 0.1) is 17.3 Å². The van der Waals surface area contributed by atoms with Gasteiger partial charge in [0.15, 0.2) is 35.8 Å². The normalized spacial score (nSPS) is 11.2. The van der Waals surface area contributed by atoms with Gasteiger partial charge in [0.25, 0.3) is 0 Å². The van der Waals surface area contributed by atoms with Crippen LogP contribution in [0.1, 0.15) is 43.8 Å². The molecule has 0 fully saturated rings. The number of aromatic amines is 2. The van der Waals surface area contributed by atoms with Crippen LogP contribution in [0, 0.1) is 29.1 Å². The maximum atomic E-state index is 14.3. The van der Waals surface area contributed by atoms with E-state index >= 15 is 0 Å². The molecule has 0 aliphatic heterocycles. The second-order valence-electron chi connectivity index (χ2n) is 5.39. The second-order valence-corrected chi connectivity index (χ2v) is 5.39. The Balaban J connectivity index is 2.31. The number of hydrogen-bond acceptors (Lipinski definition) is 2. The van der Waals surface area contributed by atoms with Gasteiger partial charge < -0.3 is 9.97 Å². The average Bonchev–Trinajstić information content (AvgIpc) is 3.31. The van der Waals surface area contributed by atoms with E-state index < -0.39 is 40.6 Å². The predicted octanol–water partition coefficient (Wildman–Crippen LogP) is 3.84. The zero-order valence-electron chi connectivity index (χ0n) is 12.7. The Labute approximate surface area is 142 Å². The fraction of sp³-hybridized carbons (Fsp3) is 0.0588. The van der Waals surface area contributed by atoms with E-state index in [4.69, 9.17) is 0 Å². The highest BCUT2D eigenvalue weighted by molar-refractivity contribution is 5.73. The highest BCUT2D eigenvalue weighted by Crippen LogP contribution is 2.36. The molecule has 4 nitrogen and oxygen atoms in total. The molecule has 0 atom stereocenters. The van der Waals surface area contributed by atoms with Crippen molar-refractivity contribution in [3.05, 3.63) is 81.7 Å². The average molecular weight is 368 g/mol. The van der Waals surface area contributed by atoms with E-state index in [0.717, 1.165) is 0 Å². The SMILES string of the molecule is O=Cc1ccc(C(c2ccc(C=O)[nH]2)c2c(F)c(F)c(F)c(F)c2F)[nH]1. The molecule has 0 saturated carbocycles. The molecule has 0 amide bonds. The van der Waals surface area contributed by atoms with Crippen LogP contribution >= 0.6 is 0 Å². The van der Waals surface area contributed by atoms with E-state index in [0.29, 0.717) is 12.6 Å². The summed E-state index contributed by atoms with van der Waals surface area (Å²) in [6, 6.07) is 5.11. The molecule has 3 aromatic rings. The fourth-order valence-corrected chi connectivity index (χ4v) is 2.69. The maximum Gasteiger partial charge on any atom is 0.200 e. The number of aldehydes is 2. The summed E-state index contributed by atoms with van der Waals surface area (Å²) in [5.41, 5.74) is -1.05. The van der Waals surface area contributed by atoms with Crippen molar-refractivity contribution < 1.29 is 31.5 Å².